The van der Waals surface area contributed by atoms with Gasteiger partial charge in [0.05, 0.1) is 12.2 Å². The van der Waals surface area contributed by atoms with Crippen molar-refractivity contribution in [1.29, 1.82) is 0 Å². The van der Waals surface area contributed by atoms with Crippen LogP contribution in [0.15, 0.2) is 30.3 Å². The van der Waals surface area contributed by atoms with Gasteiger partial charge in [0.2, 0.25) is 0 Å². The monoisotopic (exact) mass is 293 g/mol. The number of fused-ring (bicyclic) bond motifs is 1. The molecule has 110 valence electrons. The van der Waals surface area contributed by atoms with Gasteiger partial charge in [-0.05, 0) is 36.8 Å². The number of aryl methyl sites for hydroxylation is 1. The van der Waals surface area contributed by atoms with E-state index in [2.05, 4.69) is 5.32 Å². The Hall–Kier alpha value is -2.17. The average Bonchev–Trinajstić information content (AvgIpc) is 2.83. The van der Waals surface area contributed by atoms with E-state index in [1.165, 1.54) is 19.1 Å². The van der Waals surface area contributed by atoms with Crippen molar-refractivity contribution in [3.05, 3.63) is 58.9 Å². The van der Waals surface area contributed by atoms with E-state index < -0.39 is 11.6 Å². The zero-order valence-electron chi connectivity index (χ0n) is 11.4. The molecule has 1 unspecified atom stereocenters. The predicted molar refractivity (Wildman–Crippen MR) is 74.1 cm³/mol. The summed E-state index contributed by atoms with van der Waals surface area (Å²) in [6.45, 7) is 1.82. The highest BCUT2D eigenvalue weighted by Crippen LogP contribution is 2.29. The summed E-state index contributed by atoms with van der Waals surface area (Å²) in [5.41, 5.74) is 1.15. The van der Waals surface area contributed by atoms with Crippen LogP contribution in [-0.2, 0) is 6.42 Å². The molecule has 3 rings (SSSR count). The van der Waals surface area contributed by atoms with Crippen LogP contribution in [-0.4, -0.2) is 12.6 Å². The van der Waals surface area contributed by atoms with Gasteiger partial charge in [-0.2, -0.15) is 0 Å². The van der Waals surface area contributed by atoms with Gasteiger partial charge >= 0.3 is 0 Å². The second kappa shape index (κ2) is 5.31. The normalized spacial score (nSPS) is 16.5. The summed E-state index contributed by atoms with van der Waals surface area (Å²) >= 11 is 0. The Labute approximate surface area is 120 Å². The largest absolute Gasteiger partial charge is 0.488 e. The lowest BCUT2D eigenvalue weighted by atomic mass is 10.1. The highest BCUT2D eigenvalue weighted by atomic mass is 19.1. The van der Waals surface area contributed by atoms with E-state index in [-0.39, 0.29) is 23.2 Å². The molecule has 1 N–H and O–H groups in total. The van der Waals surface area contributed by atoms with Gasteiger partial charge in [0, 0.05) is 18.1 Å². The Morgan fingerprint density at radius 3 is 2.76 bits per heavy atom. The molecule has 5 heteroatoms. The molecule has 0 saturated heterocycles. The molecule has 2 aromatic rings. The van der Waals surface area contributed by atoms with Crippen molar-refractivity contribution in [2.75, 3.05) is 11.9 Å². The molecule has 1 heterocycles. The summed E-state index contributed by atoms with van der Waals surface area (Å²) in [5, 5.41) is 2.84. The van der Waals surface area contributed by atoms with Crippen molar-refractivity contribution in [2.45, 2.75) is 19.4 Å². The topological polar surface area (TPSA) is 21.3 Å². The van der Waals surface area contributed by atoms with Crippen LogP contribution < -0.4 is 10.1 Å². The second-order valence-electron chi connectivity index (χ2n) is 5.16. The minimum Gasteiger partial charge on any atom is -0.488 e. The quantitative estimate of drug-likeness (QED) is 0.928. The maximum Gasteiger partial charge on any atom is 0.146 e. The zero-order valence-corrected chi connectivity index (χ0v) is 11.4. The molecule has 0 spiro atoms. The second-order valence-corrected chi connectivity index (χ2v) is 5.16. The molecule has 0 fully saturated rings. The first-order valence-electron chi connectivity index (χ1n) is 6.67. The molecule has 1 aliphatic heterocycles. The van der Waals surface area contributed by atoms with Gasteiger partial charge < -0.3 is 10.1 Å². The summed E-state index contributed by atoms with van der Waals surface area (Å²) in [5.74, 6) is -0.636. The number of benzene rings is 2. The molecular formula is C16H14F3NO. The lowest BCUT2D eigenvalue weighted by molar-refractivity contribution is 0.246. The van der Waals surface area contributed by atoms with Crippen LogP contribution in [0.5, 0.6) is 5.75 Å². The van der Waals surface area contributed by atoms with Crippen LogP contribution in [0.2, 0.25) is 0 Å². The molecule has 0 radical (unpaired) electrons. The summed E-state index contributed by atoms with van der Waals surface area (Å²) in [6, 6.07) is 6.63. The fourth-order valence-corrected chi connectivity index (χ4v) is 2.41. The van der Waals surface area contributed by atoms with Crippen molar-refractivity contribution in [1.82, 2.24) is 0 Å². The van der Waals surface area contributed by atoms with Crippen molar-refractivity contribution < 1.29 is 17.9 Å². The van der Waals surface area contributed by atoms with Crippen LogP contribution in [0.3, 0.4) is 0 Å². The molecule has 0 amide bonds. The molecule has 0 saturated carbocycles. The van der Waals surface area contributed by atoms with Gasteiger partial charge in [-0.25, -0.2) is 13.2 Å². The van der Waals surface area contributed by atoms with E-state index >= 15 is 0 Å². The van der Waals surface area contributed by atoms with Gasteiger partial charge in [-0.3, -0.25) is 0 Å². The van der Waals surface area contributed by atoms with E-state index in [4.69, 9.17) is 4.74 Å². The van der Waals surface area contributed by atoms with Gasteiger partial charge in [-0.15, -0.1) is 0 Å². The molecule has 2 nitrogen and oxygen atoms in total. The van der Waals surface area contributed by atoms with Crippen molar-refractivity contribution in [2.24, 2.45) is 0 Å². The Bertz CT molecular complexity index is 687. The molecule has 1 atom stereocenters. The van der Waals surface area contributed by atoms with Gasteiger partial charge in [0.25, 0.3) is 0 Å². The van der Waals surface area contributed by atoms with E-state index in [9.17, 15) is 13.2 Å². The lowest BCUT2D eigenvalue weighted by Gasteiger charge is -2.14. The number of hydrogen-bond donors (Lipinski definition) is 1. The van der Waals surface area contributed by atoms with Gasteiger partial charge in [0.1, 0.15) is 29.3 Å². The van der Waals surface area contributed by atoms with Crippen LogP contribution >= 0.6 is 0 Å². The molecule has 0 aromatic heterocycles. The van der Waals surface area contributed by atoms with E-state index in [0.717, 1.165) is 17.7 Å². The molecule has 0 aliphatic carbocycles. The third-order valence-corrected chi connectivity index (χ3v) is 3.53. The highest BCUT2D eigenvalue weighted by molar-refractivity contribution is 5.47. The van der Waals surface area contributed by atoms with Crippen molar-refractivity contribution in [3.63, 3.8) is 0 Å². The number of halogens is 3. The SMILES string of the molecule is Cc1cc(F)c(NCC2Cc3cc(F)ccc3O2)cc1F. The number of ether oxygens (including phenoxy) is 1. The smallest absolute Gasteiger partial charge is 0.146 e. The molecular weight excluding hydrogens is 279 g/mol. The maximum absolute atomic E-state index is 13.7. The summed E-state index contributed by atoms with van der Waals surface area (Å²) in [6.07, 6.45) is 0.307. The van der Waals surface area contributed by atoms with Crippen LogP contribution in [0.4, 0.5) is 18.9 Å². The first-order valence-corrected chi connectivity index (χ1v) is 6.67. The van der Waals surface area contributed by atoms with Crippen molar-refractivity contribution in [3.8, 4) is 5.75 Å². The molecule has 2 aromatic carbocycles. The summed E-state index contributed by atoms with van der Waals surface area (Å²) < 4.78 is 45.9. The Morgan fingerprint density at radius 2 is 1.95 bits per heavy atom. The van der Waals surface area contributed by atoms with Gasteiger partial charge in [-0.1, -0.05) is 0 Å². The summed E-state index contributed by atoms with van der Waals surface area (Å²) in [7, 11) is 0. The minimum atomic E-state index is -0.504. The maximum atomic E-state index is 13.7. The molecule has 21 heavy (non-hydrogen) atoms. The lowest BCUT2D eigenvalue weighted by Crippen LogP contribution is -2.24. The Kier molecular flexibility index (Phi) is 3.49. The molecule has 0 bridgehead atoms. The van der Waals surface area contributed by atoms with E-state index in [0.29, 0.717) is 18.7 Å². The number of rotatable bonds is 3. The third-order valence-electron chi connectivity index (χ3n) is 3.53. The first-order chi connectivity index (χ1) is 10.0. The number of hydrogen-bond acceptors (Lipinski definition) is 2. The number of anilines is 1. The minimum absolute atomic E-state index is 0.101. The van der Waals surface area contributed by atoms with E-state index in [1.54, 1.807) is 6.07 Å². The first kappa shape index (κ1) is 13.8. The zero-order chi connectivity index (χ0) is 15.0. The Balaban J connectivity index is 1.66. The van der Waals surface area contributed by atoms with Crippen molar-refractivity contribution >= 4 is 5.69 Å². The fourth-order valence-electron chi connectivity index (χ4n) is 2.41. The summed E-state index contributed by atoms with van der Waals surface area (Å²) in [4.78, 5) is 0. The number of nitrogens with one attached hydrogen (secondary N) is 1. The fraction of sp³-hybridized carbons (Fsp3) is 0.250. The predicted octanol–water partition coefficient (Wildman–Crippen LogP) is 3.83. The van der Waals surface area contributed by atoms with Crippen LogP contribution in [0.1, 0.15) is 11.1 Å². The Morgan fingerprint density at radius 1 is 1.14 bits per heavy atom. The van der Waals surface area contributed by atoms with E-state index in [1.807, 2.05) is 0 Å². The highest BCUT2D eigenvalue weighted by Gasteiger charge is 2.23. The standard InChI is InChI=1S/C16H14F3NO/c1-9-4-14(19)15(7-13(9)18)20-8-12-6-10-5-11(17)2-3-16(10)21-12/h2-5,7,12,20H,6,8H2,1H3. The van der Waals surface area contributed by atoms with Crippen LogP contribution in [0, 0.1) is 24.4 Å². The average molecular weight is 293 g/mol. The van der Waals surface area contributed by atoms with Crippen LogP contribution in [0.25, 0.3) is 0 Å². The third kappa shape index (κ3) is 2.82. The van der Waals surface area contributed by atoms with Gasteiger partial charge in [0.15, 0.2) is 0 Å². The molecule has 1 aliphatic rings.